The lowest BCUT2D eigenvalue weighted by atomic mass is 9.97. The third kappa shape index (κ3) is 13.7. The molecular weight excluding hydrogens is 723 g/mol. The molecule has 2 amide bonds. The Morgan fingerprint density at radius 2 is 1.02 bits per heavy atom. The number of hydrogen-bond donors (Lipinski definition) is 2. The van der Waals surface area contributed by atoms with E-state index in [1.807, 2.05) is 97.1 Å². The van der Waals surface area contributed by atoms with Gasteiger partial charge in [-0.05, 0) is 116 Å². The molecule has 5 rings (SSSR count). The van der Waals surface area contributed by atoms with Crippen LogP contribution >= 0.6 is 0 Å². The molecule has 5 aromatic rings. The van der Waals surface area contributed by atoms with Crippen LogP contribution in [0.25, 0.3) is 33.5 Å². The van der Waals surface area contributed by atoms with E-state index in [0.717, 1.165) is 77.1 Å². The Labute approximate surface area is 343 Å². The van der Waals surface area contributed by atoms with Crippen LogP contribution in [-0.2, 0) is 16.0 Å². The minimum atomic E-state index is -0.232. The second kappa shape index (κ2) is 23.6. The zero-order chi connectivity index (χ0) is 40.8. The molecule has 58 heavy (non-hydrogen) atoms. The second-order valence-corrected chi connectivity index (χ2v) is 13.8. The van der Waals surface area contributed by atoms with E-state index in [9.17, 15) is 9.59 Å². The van der Waals surface area contributed by atoms with Crippen molar-refractivity contribution in [3.05, 3.63) is 151 Å². The van der Waals surface area contributed by atoms with Crippen LogP contribution in [0.2, 0.25) is 0 Å². The topological polar surface area (TPSA) is 103 Å². The zero-order valence-corrected chi connectivity index (χ0v) is 33.9. The minimum absolute atomic E-state index is 0.00606. The number of ether oxygens (including phenoxy) is 2. The number of unbranched alkanes of at least 4 members (excludes halogenated alkanes) is 3. The standard InChI is InChI=1S/C50H55N3O5/c1-4-5-6-7-8-9-10-11-12-13-14-15-16-17-18-19-20-47(54)51-42-29-21-38(22-30-42)39-23-31-43(32-24-39)52-48(55)37-46-49(40-25-33-44(56-2)34-26-40)50(53-58-46)41-27-35-45(57-3)36-28-41/h7-8,10-11,13-14,16-17,21-36H,4-6,9,12,15,18-20,37H2,1-3H3,(H,51,54)(H,52,55)/b8-7+,11-10-,14-13-,17-16-. The lowest BCUT2D eigenvalue weighted by molar-refractivity contribution is -0.116. The molecular formula is C50H55N3O5. The smallest absolute Gasteiger partial charge is 0.232 e. The molecule has 1 aromatic heterocycles. The zero-order valence-electron chi connectivity index (χ0n) is 33.9. The van der Waals surface area contributed by atoms with Crippen molar-refractivity contribution in [3.8, 4) is 45.0 Å². The monoisotopic (exact) mass is 777 g/mol. The maximum absolute atomic E-state index is 13.3. The van der Waals surface area contributed by atoms with Gasteiger partial charge in [0.15, 0.2) is 5.76 Å². The van der Waals surface area contributed by atoms with Crippen LogP contribution in [0.1, 0.15) is 70.5 Å². The van der Waals surface area contributed by atoms with Crippen LogP contribution in [-0.4, -0.2) is 31.2 Å². The minimum Gasteiger partial charge on any atom is -0.497 e. The molecule has 0 fully saturated rings. The Hall–Kier alpha value is -6.41. The molecule has 0 unspecified atom stereocenters. The summed E-state index contributed by atoms with van der Waals surface area (Å²) >= 11 is 0. The Balaban J connectivity index is 1.06. The highest BCUT2D eigenvalue weighted by Crippen LogP contribution is 2.36. The van der Waals surface area contributed by atoms with Gasteiger partial charge in [-0.25, -0.2) is 0 Å². The van der Waals surface area contributed by atoms with Crippen LogP contribution in [0, 0.1) is 0 Å². The number of rotatable bonds is 22. The van der Waals surface area contributed by atoms with Crippen molar-refractivity contribution in [2.24, 2.45) is 0 Å². The number of carbonyl (C=O) groups is 2. The summed E-state index contributed by atoms with van der Waals surface area (Å²) in [6.45, 7) is 2.22. The van der Waals surface area contributed by atoms with Crippen molar-refractivity contribution < 1.29 is 23.6 Å². The quantitative estimate of drug-likeness (QED) is 0.0536. The van der Waals surface area contributed by atoms with E-state index in [2.05, 4.69) is 71.3 Å². The van der Waals surface area contributed by atoms with Gasteiger partial charge in [0.05, 0.1) is 26.2 Å². The summed E-state index contributed by atoms with van der Waals surface area (Å²) in [7, 11) is 3.24. The second-order valence-electron chi connectivity index (χ2n) is 13.8. The largest absolute Gasteiger partial charge is 0.497 e. The summed E-state index contributed by atoms with van der Waals surface area (Å²) in [5, 5.41) is 10.4. The van der Waals surface area contributed by atoms with Gasteiger partial charge in [-0.3, -0.25) is 9.59 Å². The van der Waals surface area contributed by atoms with Crippen molar-refractivity contribution in [1.82, 2.24) is 5.16 Å². The summed E-state index contributed by atoms with van der Waals surface area (Å²) in [5.74, 6) is 1.68. The average Bonchev–Trinajstić information content (AvgIpc) is 3.67. The molecule has 0 atom stereocenters. The molecule has 0 saturated carbocycles. The summed E-state index contributed by atoms with van der Waals surface area (Å²) in [5.41, 5.74) is 6.48. The number of allylic oxidation sites excluding steroid dienone is 8. The van der Waals surface area contributed by atoms with E-state index in [-0.39, 0.29) is 18.2 Å². The van der Waals surface area contributed by atoms with Crippen molar-refractivity contribution in [2.45, 2.75) is 71.1 Å². The molecule has 4 aromatic carbocycles. The molecule has 0 spiro atoms. The summed E-state index contributed by atoms with van der Waals surface area (Å²) in [6.07, 6.45) is 26.3. The number of benzene rings is 4. The number of carbonyl (C=O) groups excluding carboxylic acids is 2. The lowest BCUT2D eigenvalue weighted by Gasteiger charge is -2.09. The molecule has 1 heterocycles. The van der Waals surface area contributed by atoms with Gasteiger partial charge in [0.2, 0.25) is 11.8 Å². The van der Waals surface area contributed by atoms with E-state index >= 15 is 0 Å². The first-order chi connectivity index (χ1) is 28.5. The fourth-order valence-electron chi connectivity index (χ4n) is 6.26. The van der Waals surface area contributed by atoms with E-state index in [4.69, 9.17) is 14.0 Å². The summed E-state index contributed by atoms with van der Waals surface area (Å²) in [6, 6.07) is 30.6. The SMILES string of the molecule is CCCC/C=C/C/C=C\C/C=C\C/C=C\CCCC(=O)Nc1ccc(-c2ccc(NC(=O)Cc3onc(-c4ccc(OC)cc4)c3-c3ccc(OC)cc3)cc2)cc1. The molecule has 0 bridgehead atoms. The van der Waals surface area contributed by atoms with Crippen LogP contribution < -0.4 is 20.1 Å². The number of aromatic nitrogens is 1. The molecule has 0 aliphatic carbocycles. The van der Waals surface area contributed by atoms with Gasteiger partial charge >= 0.3 is 0 Å². The fourth-order valence-corrected chi connectivity index (χ4v) is 6.26. The number of hydrogen-bond acceptors (Lipinski definition) is 6. The molecule has 0 saturated heterocycles. The van der Waals surface area contributed by atoms with Crippen LogP contribution in [0.15, 0.2) is 150 Å². The van der Waals surface area contributed by atoms with Gasteiger partial charge in [-0.15, -0.1) is 0 Å². The third-order valence-electron chi connectivity index (χ3n) is 9.48. The molecule has 8 heteroatoms. The molecule has 300 valence electrons. The molecule has 0 aliphatic heterocycles. The number of anilines is 2. The van der Waals surface area contributed by atoms with E-state index in [0.29, 0.717) is 23.6 Å². The number of amides is 2. The van der Waals surface area contributed by atoms with Crippen LogP contribution in [0.4, 0.5) is 11.4 Å². The Morgan fingerprint density at radius 1 is 0.569 bits per heavy atom. The van der Waals surface area contributed by atoms with Gasteiger partial charge in [-0.2, -0.15) is 0 Å². The first-order valence-corrected chi connectivity index (χ1v) is 20.1. The van der Waals surface area contributed by atoms with E-state index in [1.165, 1.54) is 19.3 Å². The summed E-state index contributed by atoms with van der Waals surface area (Å²) in [4.78, 5) is 25.9. The Kier molecular flexibility index (Phi) is 17.4. The molecule has 0 radical (unpaired) electrons. The maximum atomic E-state index is 13.3. The first kappa shape index (κ1) is 42.7. The predicted octanol–water partition coefficient (Wildman–Crippen LogP) is 12.6. The van der Waals surface area contributed by atoms with E-state index in [1.54, 1.807) is 14.2 Å². The van der Waals surface area contributed by atoms with Crippen molar-refractivity contribution in [2.75, 3.05) is 24.9 Å². The number of nitrogens with one attached hydrogen (secondary N) is 2. The van der Waals surface area contributed by atoms with Gasteiger partial charge in [0.1, 0.15) is 17.2 Å². The molecule has 0 aliphatic rings. The van der Waals surface area contributed by atoms with Crippen molar-refractivity contribution in [1.29, 1.82) is 0 Å². The predicted molar refractivity (Wildman–Crippen MR) is 237 cm³/mol. The normalized spacial score (nSPS) is 11.6. The highest BCUT2D eigenvalue weighted by molar-refractivity contribution is 5.95. The Bertz CT molecular complexity index is 2130. The highest BCUT2D eigenvalue weighted by Gasteiger charge is 2.22. The van der Waals surface area contributed by atoms with Crippen LogP contribution in [0.3, 0.4) is 0 Å². The Morgan fingerprint density at radius 3 is 1.52 bits per heavy atom. The van der Waals surface area contributed by atoms with Crippen LogP contribution in [0.5, 0.6) is 11.5 Å². The first-order valence-electron chi connectivity index (χ1n) is 20.1. The maximum Gasteiger partial charge on any atom is 0.232 e. The van der Waals surface area contributed by atoms with Gasteiger partial charge in [-0.1, -0.05) is 110 Å². The molecule has 2 N–H and O–H groups in total. The fraction of sp³-hybridized carbons (Fsp3) is 0.260. The van der Waals surface area contributed by atoms with Gasteiger partial charge in [0, 0.05) is 23.4 Å². The number of methoxy groups -OCH3 is 2. The third-order valence-corrected chi connectivity index (χ3v) is 9.48. The summed E-state index contributed by atoms with van der Waals surface area (Å²) < 4.78 is 16.5. The number of nitrogens with zero attached hydrogens (tertiary/aromatic N) is 1. The van der Waals surface area contributed by atoms with Gasteiger partial charge < -0.3 is 24.6 Å². The lowest BCUT2D eigenvalue weighted by Crippen LogP contribution is -2.14. The average molecular weight is 778 g/mol. The van der Waals surface area contributed by atoms with Crippen molar-refractivity contribution in [3.63, 3.8) is 0 Å². The van der Waals surface area contributed by atoms with E-state index < -0.39 is 0 Å². The molecule has 8 nitrogen and oxygen atoms in total. The van der Waals surface area contributed by atoms with Crippen molar-refractivity contribution >= 4 is 23.2 Å². The van der Waals surface area contributed by atoms with Gasteiger partial charge in [0.25, 0.3) is 0 Å². The highest BCUT2D eigenvalue weighted by atomic mass is 16.5.